The van der Waals surface area contributed by atoms with Crippen molar-refractivity contribution in [2.24, 2.45) is 4.99 Å². The van der Waals surface area contributed by atoms with Crippen LogP contribution in [0.1, 0.15) is 11.1 Å². The number of guanidine groups is 1. The second-order valence-electron chi connectivity index (χ2n) is 5.18. The lowest BCUT2D eigenvalue weighted by Gasteiger charge is -2.29. The summed E-state index contributed by atoms with van der Waals surface area (Å²) in [6.07, 6.45) is 0.919. The average molecular weight is 304 g/mol. The van der Waals surface area contributed by atoms with Crippen LogP contribution in [0.3, 0.4) is 0 Å². The minimum absolute atomic E-state index is 0.0872. The predicted molar refractivity (Wildman–Crippen MR) is 86.8 cm³/mol. The molecule has 0 aromatic heterocycles. The molecule has 2 rings (SSSR count). The summed E-state index contributed by atoms with van der Waals surface area (Å²) in [6.45, 7) is 2.95. The number of nitrogens with one attached hydrogen (secondary N) is 2. The van der Waals surface area contributed by atoms with Gasteiger partial charge in [-0.2, -0.15) is 0 Å². The number of amides is 1. The van der Waals surface area contributed by atoms with Crippen LogP contribution in [0.4, 0.5) is 0 Å². The van der Waals surface area contributed by atoms with Crippen LogP contribution in [0.2, 0.25) is 0 Å². The van der Waals surface area contributed by atoms with Gasteiger partial charge in [-0.1, -0.05) is 24.3 Å². The summed E-state index contributed by atoms with van der Waals surface area (Å²) >= 11 is 0. The lowest BCUT2D eigenvalue weighted by Crippen LogP contribution is -2.46. The first-order valence-corrected chi connectivity index (χ1v) is 7.52. The van der Waals surface area contributed by atoms with E-state index in [0.29, 0.717) is 25.7 Å². The van der Waals surface area contributed by atoms with Crippen molar-refractivity contribution in [2.75, 3.05) is 40.4 Å². The van der Waals surface area contributed by atoms with E-state index >= 15 is 0 Å². The Hall–Kier alpha value is -2.08. The standard InChI is InChI=1S/C16H24N4O2/c1-17-16(18-8-10-22-2)19-11-15(21)20-9-7-13-5-3-4-6-14(13)12-20/h3-6H,7-12H2,1-2H3,(H2,17,18,19). The Labute approximate surface area is 131 Å². The zero-order valence-electron chi connectivity index (χ0n) is 13.3. The number of aliphatic imine (C=N–C) groups is 1. The molecule has 120 valence electrons. The van der Waals surface area contributed by atoms with Gasteiger partial charge in [-0.3, -0.25) is 9.79 Å². The fourth-order valence-corrected chi connectivity index (χ4v) is 2.47. The van der Waals surface area contributed by atoms with Gasteiger partial charge in [-0.05, 0) is 17.5 Å². The molecule has 0 fully saturated rings. The Bertz CT molecular complexity index is 531. The Morgan fingerprint density at radius 1 is 1.32 bits per heavy atom. The summed E-state index contributed by atoms with van der Waals surface area (Å²) in [5.74, 6) is 0.701. The SMILES string of the molecule is CN=C(NCCOC)NCC(=O)N1CCc2ccccc2C1. The molecule has 0 radical (unpaired) electrons. The Morgan fingerprint density at radius 3 is 2.82 bits per heavy atom. The zero-order valence-corrected chi connectivity index (χ0v) is 13.3. The summed E-state index contributed by atoms with van der Waals surface area (Å²) in [7, 11) is 3.33. The third-order valence-corrected chi connectivity index (χ3v) is 3.71. The fourth-order valence-electron chi connectivity index (χ4n) is 2.47. The van der Waals surface area contributed by atoms with Gasteiger partial charge in [-0.15, -0.1) is 0 Å². The highest BCUT2D eigenvalue weighted by Gasteiger charge is 2.20. The molecule has 6 nitrogen and oxygen atoms in total. The van der Waals surface area contributed by atoms with Crippen molar-refractivity contribution in [2.45, 2.75) is 13.0 Å². The number of ether oxygens (including phenoxy) is 1. The maximum atomic E-state index is 12.3. The minimum Gasteiger partial charge on any atom is -0.383 e. The number of carbonyl (C=O) groups excluding carboxylic acids is 1. The molecule has 0 atom stereocenters. The molecule has 1 amide bonds. The lowest BCUT2D eigenvalue weighted by molar-refractivity contribution is -0.130. The molecule has 0 bridgehead atoms. The molecule has 0 aliphatic carbocycles. The molecule has 0 saturated heterocycles. The smallest absolute Gasteiger partial charge is 0.242 e. The first-order valence-electron chi connectivity index (χ1n) is 7.52. The van der Waals surface area contributed by atoms with Gasteiger partial charge in [0.2, 0.25) is 5.91 Å². The second kappa shape index (κ2) is 8.38. The average Bonchev–Trinajstić information content (AvgIpc) is 2.57. The number of nitrogens with zero attached hydrogens (tertiary/aromatic N) is 2. The summed E-state index contributed by atoms with van der Waals surface area (Å²) < 4.78 is 4.97. The highest BCUT2D eigenvalue weighted by atomic mass is 16.5. The lowest BCUT2D eigenvalue weighted by atomic mass is 10.00. The van der Waals surface area contributed by atoms with Crippen molar-refractivity contribution in [3.8, 4) is 0 Å². The zero-order chi connectivity index (χ0) is 15.8. The van der Waals surface area contributed by atoms with E-state index < -0.39 is 0 Å². The number of benzene rings is 1. The maximum absolute atomic E-state index is 12.3. The van der Waals surface area contributed by atoms with Crippen LogP contribution in [0.5, 0.6) is 0 Å². The maximum Gasteiger partial charge on any atom is 0.242 e. The number of rotatable bonds is 5. The fraction of sp³-hybridized carbons (Fsp3) is 0.500. The molecule has 1 aliphatic heterocycles. The van der Waals surface area contributed by atoms with Crippen LogP contribution in [-0.2, 0) is 22.5 Å². The molecule has 1 aromatic rings. The third-order valence-electron chi connectivity index (χ3n) is 3.71. The van der Waals surface area contributed by atoms with Crippen LogP contribution in [-0.4, -0.2) is 57.2 Å². The summed E-state index contributed by atoms with van der Waals surface area (Å²) in [6, 6.07) is 8.30. The number of hydrogen-bond acceptors (Lipinski definition) is 3. The monoisotopic (exact) mass is 304 g/mol. The quantitative estimate of drug-likeness (QED) is 0.469. The van der Waals surface area contributed by atoms with Crippen LogP contribution in [0.15, 0.2) is 29.3 Å². The van der Waals surface area contributed by atoms with Crippen molar-refractivity contribution in [1.29, 1.82) is 0 Å². The van der Waals surface area contributed by atoms with E-state index in [1.807, 2.05) is 17.0 Å². The molecule has 0 saturated carbocycles. The first-order chi connectivity index (χ1) is 10.7. The number of methoxy groups -OCH3 is 1. The van der Waals surface area contributed by atoms with E-state index in [2.05, 4.69) is 27.8 Å². The molecule has 1 aliphatic rings. The van der Waals surface area contributed by atoms with Gasteiger partial charge in [-0.25, -0.2) is 0 Å². The van der Waals surface area contributed by atoms with Crippen molar-refractivity contribution < 1.29 is 9.53 Å². The molecular formula is C16H24N4O2. The minimum atomic E-state index is 0.0872. The van der Waals surface area contributed by atoms with E-state index in [1.54, 1.807) is 14.2 Å². The van der Waals surface area contributed by atoms with Crippen molar-refractivity contribution in [3.05, 3.63) is 35.4 Å². The largest absolute Gasteiger partial charge is 0.383 e. The van der Waals surface area contributed by atoms with Gasteiger partial charge in [0, 0.05) is 33.8 Å². The number of hydrogen-bond donors (Lipinski definition) is 2. The van der Waals surface area contributed by atoms with Gasteiger partial charge in [0.1, 0.15) is 0 Å². The third kappa shape index (κ3) is 4.46. The van der Waals surface area contributed by atoms with Crippen LogP contribution >= 0.6 is 0 Å². The molecular weight excluding hydrogens is 280 g/mol. The van der Waals surface area contributed by atoms with E-state index in [9.17, 15) is 4.79 Å². The molecule has 22 heavy (non-hydrogen) atoms. The molecule has 6 heteroatoms. The molecule has 0 spiro atoms. The van der Waals surface area contributed by atoms with Gasteiger partial charge in [0.25, 0.3) is 0 Å². The second-order valence-corrected chi connectivity index (χ2v) is 5.18. The Kier molecular flexibility index (Phi) is 6.21. The summed E-state index contributed by atoms with van der Waals surface area (Å²) in [4.78, 5) is 18.3. The Morgan fingerprint density at radius 2 is 2.09 bits per heavy atom. The summed E-state index contributed by atoms with van der Waals surface area (Å²) in [5, 5.41) is 6.13. The summed E-state index contributed by atoms with van der Waals surface area (Å²) in [5.41, 5.74) is 2.58. The van der Waals surface area contributed by atoms with Crippen LogP contribution in [0.25, 0.3) is 0 Å². The Balaban J connectivity index is 1.80. The molecule has 2 N–H and O–H groups in total. The number of carbonyl (C=O) groups is 1. The van der Waals surface area contributed by atoms with E-state index in [4.69, 9.17) is 4.74 Å². The highest BCUT2D eigenvalue weighted by Crippen LogP contribution is 2.18. The van der Waals surface area contributed by atoms with Gasteiger partial charge >= 0.3 is 0 Å². The predicted octanol–water partition coefficient (Wildman–Crippen LogP) is 0.383. The first kappa shape index (κ1) is 16.3. The van der Waals surface area contributed by atoms with Crippen LogP contribution < -0.4 is 10.6 Å². The van der Waals surface area contributed by atoms with E-state index in [-0.39, 0.29) is 12.5 Å². The topological polar surface area (TPSA) is 66.0 Å². The van der Waals surface area contributed by atoms with Gasteiger partial charge in [0.15, 0.2) is 5.96 Å². The van der Waals surface area contributed by atoms with E-state index in [1.165, 1.54) is 11.1 Å². The van der Waals surface area contributed by atoms with Crippen LogP contribution in [0, 0.1) is 0 Å². The van der Waals surface area contributed by atoms with Crippen molar-refractivity contribution >= 4 is 11.9 Å². The van der Waals surface area contributed by atoms with Gasteiger partial charge in [0.05, 0.1) is 13.2 Å². The van der Waals surface area contributed by atoms with Gasteiger partial charge < -0.3 is 20.3 Å². The van der Waals surface area contributed by atoms with Crippen molar-refractivity contribution in [1.82, 2.24) is 15.5 Å². The number of fused-ring (bicyclic) bond motifs is 1. The molecule has 1 heterocycles. The highest BCUT2D eigenvalue weighted by molar-refractivity contribution is 5.86. The molecule has 1 aromatic carbocycles. The van der Waals surface area contributed by atoms with Crippen molar-refractivity contribution in [3.63, 3.8) is 0 Å². The molecule has 0 unspecified atom stereocenters. The van der Waals surface area contributed by atoms with E-state index in [0.717, 1.165) is 13.0 Å². The normalized spacial score (nSPS) is 14.5.